The molecule has 8 nitrogen and oxygen atoms in total. The number of benzene rings is 2. The molecule has 0 bridgehead atoms. The van der Waals surface area contributed by atoms with Crippen LogP contribution in [0.15, 0.2) is 69.9 Å². The standard InChI is InChI=1S/C22H18N4O4/c1-13-12-18(14(2)30-13)20(27)23-24-21(28)19-16-10-6-7-11-17(16)22(29)26(25-19)15-8-4-3-5-9-15/h3-12H,1-2H3,(H,23,27)(H,24,28). The van der Waals surface area contributed by atoms with E-state index in [-0.39, 0.29) is 11.3 Å². The number of aryl methyl sites for hydroxylation is 2. The van der Waals surface area contributed by atoms with E-state index in [1.165, 1.54) is 4.68 Å². The molecule has 0 aliphatic heterocycles. The lowest BCUT2D eigenvalue weighted by atomic mass is 10.1. The van der Waals surface area contributed by atoms with Gasteiger partial charge in [0, 0.05) is 5.39 Å². The molecular weight excluding hydrogens is 384 g/mol. The normalized spacial score (nSPS) is 10.7. The molecule has 0 aliphatic rings. The van der Waals surface area contributed by atoms with Crippen LogP contribution in [0.4, 0.5) is 0 Å². The first-order valence-electron chi connectivity index (χ1n) is 9.21. The summed E-state index contributed by atoms with van der Waals surface area (Å²) in [7, 11) is 0. The highest BCUT2D eigenvalue weighted by molar-refractivity contribution is 6.06. The van der Waals surface area contributed by atoms with Crippen molar-refractivity contribution in [3.63, 3.8) is 0 Å². The van der Waals surface area contributed by atoms with Gasteiger partial charge in [0.15, 0.2) is 5.69 Å². The van der Waals surface area contributed by atoms with Gasteiger partial charge in [-0.15, -0.1) is 0 Å². The Bertz CT molecular complexity index is 1320. The lowest BCUT2D eigenvalue weighted by molar-refractivity contribution is 0.0843. The number of carbonyl (C=O) groups is 2. The van der Waals surface area contributed by atoms with Crippen LogP contribution >= 0.6 is 0 Å². The molecule has 0 saturated heterocycles. The Morgan fingerprint density at radius 1 is 0.900 bits per heavy atom. The quantitative estimate of drug-likeness (QED) is 0.513. The van der Waals surface area contributed by atoms with Gasteiger partial charge in [0.2, 0.25) is 0 Å². The van der Waals surface area contributed by atoms with E-state index >= 15 is 0 Å². The molecule has 0 radical (unpaired) electrons. The summed E-state index contributed by atoms with van der Waals surface area (Å²) in [6, 6.07) is 17.1. The number of aromatic nitrogens is 2. The number of hydrazine groups is 1. The lowest BCUT2D eigenvalue weighted by Gasteiger charge is -2.11. The van der Waals surface area contributed by atoms with Crippen molar-refractivity contribution in [3.05, 3.63) is 93.8 Å². The zero-order chi connectivity index (χ0) is 21.3. The molecule has 0 atom stereocenters. The van der Waals surface area contributed by atoms with Crippen LogP contribution in [0.25, 0.3) is 16.5 Å². The van der Waals surface area contributed by atoms with Crippen LogP contribution in [0, 0.1) is 13.8 Å². The van der Waals surface area contributed by atoms with E-state index in [1.54, 1.807) is 68.4 Å². The molecule has 8 heteroatoms. The fourth-order valence-electron chi connectivity index (χ4n) is 3.20. The van der Waals surface area contributed by atoms with Crippen molar-refractivity contribution in [2.24, 2.45) is 0 Å². The van der Waals surface area contributed by atoms with Gasteiger partial charge in [0.05, 0.1) is 16.6 Å². The number of hydrogen-bond donors (Lipinski definition) is 2. The van der Waals surface area contributed by atoms with E-state index in [2.05, 4.69) is 16.0 Å². The molecule has 4 rings (SSSR count). The molecule has 0 saturated carbocycles. The third-order valence-corrected chi connectivity index (χ3v) is 4.60. The Hall–Kier alpha value is -4.20. The van der Waals surface area contributed by atoms with Gasteiger partial charge in [-0.1, -0.05) is 36.4 Å². The second kappa shape index (κ2) is 7.67. The third kappa shape index (κ3) is 3.46. The van der Waals surface area contributed by atoms with Gasteiger partial charge in [-0.2, -0.15) is 9.78 Å². The maximum Gasteiger partial charge on any atom is 0.290 e. The van der Waals surface area contributed by atoms with Crippen LogP contribution in [-0.2, 0) is 0 Å². The average Bonchev–Trinajstić information content (AvgIpc) is 3.11. The summed E-state index contributed by atoms with van der Waals surface area (Å²) in [5.74, 6) is -0.132. The molecule has 2 amide bonds. The molecule has 30 heavy (non-hydrogen) atoms. The third-order valence-electron chi connectivity index (χ3n) is 4.60. The summed E-state index contributed by atoms with van der Waals surface area (Å²) in [6.45, 7) is 3.39. The molecule has 2 aromatic heterocycles. The zero-order valence-electron chi connectivity index (χ0n) is 16.3. The van der Waals surface area contributed by atoms with E-state index < -0.39 is 11.8 Å². The van der Waals surface area contributed by atoms with Gasteiger partial charge in [-0.3, -0.25) is 25.2 Å². The Morgan fingerprint density at radius 2 is 1.53 bits per heavy atom. The lowest BCUT2D eigenvalue weighted by Crippen LogP contribution is -2.42. The molecule has 0 spiro atoms. The summed E-state index contributed by atoms with van der Waals surface area (Å²) < 4.78 is 6.51. The summed E-state index contributed by atoms with van der Waals surface area (Å²) in [6.07, 6.45) is 0. The molecular formula is C22H18N4O4. The Labute approximate surface area is 171 Å². The number of para-hydroxylation sites is 1. The van der Waals surface area contributed by atoms with Crippen LogP contribution in [0.1, 0.15) is 32.4 Å². The molecule has 0 aliphatic carbocycles. The number of hydrogen-bond acceptors (Lipinski definition) is 5. The monoisotopic (exact) mass is 402 g/mol. The van der Waals surface area contributed by atoms with Crippen LogP contribution in [0.5, 0.6) is 0 Å². The predicted molar refractivity (Wildman–Crippen MR) is 110 cm³/mol. The smallest absolute Gasteiger partial charge is 0.290 e. The van der Waals surface area contributed by atoms with Crippen LogP contribution in [0.3, 0.4) is 0 Å². The van der Waals surface area contributed by atoms with Crippen LogP contribution in [0.2, 0.25) is 0 Å². The van der Waals surface area contributed by atoms with Gasteiger partial charge < -0.3 is 4.42 Å². The van der Waals surface area contributed by atoms with Crippen molar-refractivity contribution >= 4 is 22.6 Å². The maximum absolute atomic E-state index is 12.9. The van der Waals surface area contributed by atoms with Gasteiger partial charge in [-0.25, -0.2) is 0 Å². The number of rotatable bonds is 3. The van der Waals surface area contributed by atoms with Gasteiger partial charge in [0.1, 0.15) is 11.5 Å². The van der Waals surface area contributed by atoms with Crippen molar-refractivity contribution in [3.8, 4) is 5.69 Å². The van der Waals surface area contributed by atoms with E-state index in [0.29, 0.717) is 33.5 Å². The largest absolute Gasteiger partial charge is 0.466 e. The minimum absolute atomic E-state index is 0.00875. The summed E-state index contributed by atoms with van der Waals surface area (Å²) >= 11 is 0. The molecule has 0 unspecified atom stereocenters. The second-order valence-electron chi connectivity index (χ2n) is 6.68. The number of nitrogens with zero attached hydrogens (tertiary/aromatic N) is 2. The highest BCUT2D eigenvalue weighted by Gasteiger charge is 2.19. The predicted octanol–water partition coefficient (Wildman–Crippen LogP) is 2.67. The summed E-state index contributed by atoms with van der Waals surface area (Å²) in [5.41, 5.74) is 5.24. The van der Waals surface area contributed by atoms with E-state index in [0.717, 1.165) is 0 Å². The first kappa shape index (κ1) is 19.1. The van der Waals surface area contributed by atoms with E-state index in [4.69, 9.17) is 4.42 Å². The highest BCUT2D eigenvalue weighted by atomic mass is 16.3. The van der Waals surface area contributed by atoms with Crippen molar-refractivity contribution in [1.82, 2.24) is 20.6 Å². The molecule has 2 N–H and O–H groups in total. The zero-order valence-corrected chi connectivity index (χ0v) is 16.3. The van der Waals surface area contributed by atoms with E-state index in [9.17, 15) is 14.4 Å². The van der Waals surface area contributed by atoms with E-state index in [1.807, 2.05) is 6.07 Å². The van der Waals surface area contributed by atoms with Crippen molar-refractivity contribution in [1.29, 1.82) is 0 Å². The van der Waals surface area contributed by atoms with Gasteiger partial charge in [-0.05, 0) is 38.1 Å². The number of fused-ring (bicyclic) bond motifs is 1. The Kier molecular flexibility index (Phi) is 4.89. The van der Waals surface area contributed by atoms with Crippen molar-refractivity contribution in [2.75, 3.05) is 0 Å². The Balaban J connectivity index is 1.70. The number of carbonyl (C=O) groups excluding carboxylic acids is 2. The minimum atomic E-state index is -0.651. The minimum Gasteiger partial charge on any atom is -0.466 e. The average molecular weight is 402 g/mol. The first-order valence-corrected chi connectivity index (χ1v) is 9.21. The first-order chi connectivity index (χ1) is 14.5. The van der Waals surface area contributed by atoms with Gasteiger partial charge in [0.25, 0.3) is 17.4 Å². The summed E-state index contributed by atoms with van der Waals surface area (Å²) in [4.78, 5) is 38.1. The molecule has 150 valence electrons. The maximum atomic E-state index is 12.9. The molecule has 0 fully saturated rings. The fraction of sp³-hybridized carbons (Fsp3) is 0.0909. The molecule has 2 aromatic carbocycles. The Morgan fingerprint density at radius 3 is 2.20 bits per heavy atom. The number of amides is 2. The second-order valence-corrected chi connectivity index (χ2v) is 6.68. The SMILES string of the molecule is Cc1cc(C(=O)NNC(=O)c2nn(-c3ccccc3)c(=O)c3ccccc23)c(C)o1. The summed E-state index contributed by atoms with van der Waals surface area (Å²) in [5, 5.41) is 4.99. The highest BCUT2D eigenvalue weighted by Crippen LogP contribution is 2.16. The number of nitrogens with one attached hydrogen (secondary N) is 2. The van der Waals surface area contributed by atoms with Crippen LogP contribution < -0.4 is 16.4 Å². The number of furan rings is 1. The van der Waals surface area contributed by atoms with Gasteiger partial charge >= 0.3 is 0 Å². The van der Waals surface area contributed by atoms with Crippen LogP contribution in [-0.4, -0.2) is 21.6 Å². The molecule has 4 aromatic rings. The molecule has 2 heterocycles. The van der Waals surface area contributed by atoms with Crippen molar-refractivity contribution < 1.29 is 14.0 Å². The fourth-order valence-corrected chi connectivity index (χ4v) is 3.20. The topological polar surface area (TPSA) is 106 Å². The van der Waals surface area contributed by atoms with Crippen molar-refractivity contribution in [2.45, 2.75) is 13.8 Å².